The number of hydrogen-bond donors (Lipinski definition) is 0. The largest absolute Gasteiger partial charge is 0.453 e. The van der Waals surface area contributed by atoms with E-state index in [9.17, 15) is 5.26 Å². The molecular weight excluding hydrogens is 915 g/mol. The minimum atomic E-state index is -0.0838. The van der Waals surface area contributed by atoms with E-state index >= 15 is 0 Å². The normalized spacial score (nSPS) is 12.8. The van der Waals surface area contributed by atoms with Crippen LogP contribution in [0.2, 0.25) is 0 Å². The Balaban J connectivity index is 1.25. The Morgan fingerprint density at radius 2 is 0.853 bits per heavy atom. The lowest BCUT2D eigenvalue weighted by Gasteiger charge is -2.20. The van der Waals surface area contributed by atoms with Crippen LogP contribution in [0.4, 0.5) is 0 Å². The second-order valence-electron chi connectivity index (χ2n) is 24.7. The van der Waals surface area contributed by atoms with E-state index in [-0.39, 0.29) is 21.7 Å². The predicted molar refractivity (Wildman–Crippen MR) is 314 cm³/mol. The highest BCUT2D eigenvalue weighted by Crippen LogP contribution is 2.48. The van der Waals surface area contributed by atoms with Crippen LogP contribution in [0.5, 0.6) is 0 Å². The van der Waals surface area contributed by atoms with Gasteiger partial charge in [0.1, 0.15) is 11.7 Å². The van der Waals surface area contributed by atoms with Crippen molar-refractivity contribution in [1.29, 1.82) is 5.26 Å². The molecule has 0 aliphatic heterocycles. The number of benzene rings is 8. The van der Waals surface area contributed by atoms with E-state index < -0.39 is 0 Å². The molecule has 0 fully saturated rings. The highest BCUT2D eigenvalue weighted by atomic mass is 16.3. The number of nitrogens with zero attached hydrogens (tertiary/aromatic N) is 5. The van der Waals surface area contributed by atoms with Crippen LogP contribution >= 0.6 is 0 Å². The van der Waals surface area contributed by atoms with E-state index in [2.05, 4.69) is 226 Å². The van der Waals surface area contributed by atoms with Crippen molar-refractivity contribution in [3.63, 3.8) is 0 Å². The molecule has 4 aromatic heterocycles. The van der Waals surface area contributed by atoms with Crippen LogP contribution in [0.1, 0.15) is 111 Å². The fourth-order valence-corrected chi connectivity index (χ4v) is 11.1. The number of furan rings is 1. The summed E-state index contributed by atoms with van der Waals surface area (Å²) in [6.45, 7) is 27.2. The van der Waals surface area contributed by atoms with Gasteiger partial charge in [0.2, 0.25) is 0 Å². The van der Waals surface area contributed by atoms with Crippen molar-refractivity contribution >= 4 is 65.6 Å². The molecule has 4 heterocycles. The first-order valence-corrected chi connectivity index (χ1v) is 26.3. The summed E-state index contributed by atoms with van der Waals surface area (Å²) in [5.41, 5.74) is 16.6. The third kappa shape index (κ3) is 7.91. The van der Waals surface area contributed by atoms with Crippen LogP contribution in [0.15, 0.2) is 168 Å². The molecule has 75 heavy (non-hydrogen) atoms. The Kier molecular flexibility index (Phi) is 10.7. The second kappa shape index (κ2) is 16.9. The molecule has 6 nitrogen and oxygen atoms in total. The highest BCUT2D eigenvalue weighted by Gasteiger charge is 2.30. The Morgan fingerprint density at radius 1 is 0.413 bits per heavy atom. The average molecular weight is 978 g/mol. The van der Waals surface area contributed by atoms with Gasteiger partial charge >= 0.3 is 0 Å². The van der Waals surface area contributed by atoms with Gasteiger partial charge in [-0.05, 0) is 111 Å². The number of para-hydroxylation sites is 1. The minimum absolute atomic E-state index is 0.0758. The van der Waals surface area contributed by atoms with Gasteiger partial charge in [0.05, 0.1) is 55.8 Å². The molecule has 0 unspecified atom stereocenters. The first-order valence-electron chi connectivity index (χ1n) is 26.3. The van der Waals surface area contributed by atoms with Gasteiger partial charge in [0.15, 0.2) is 11.4 Å². The van der Waals surface area contributed by atoms with Gasteiger partial charge in [0, 0.05) is 43.6 Å². The summed E-state index contributed by atoms with van der Waals surface area (Å²) in [4.78, 5) is 10.5. The van der Waals surface area contributed by atoms with Gasteiger partial charge in [0.25, 0.3) is 0 Å². The Hall–Kier alpha value is -8.27. The van der Waals surface area contributed by atoms with E-state index in [0.29, 0.717) is 22.6 Å². The van der Waals surface area contributed by atoms with Crippen molar-refractivity contribution < 1.29 is 4.42 Å². The maximum atomic E-state index is 11.8. The van der Waals surface area contributed by atoms with E-state index in [0.717, 1.165) is 93.8 Å². The summed E-state index contributed by atoms with van der Waals surface area (Å²) in [6, 6.07) is 61.3. The maximum absolute atomic E-state index is 11.8. The molecule has 0 saturated heterocycles. The van der Waals surface area contributed by atoms with E-state index in [4.69, 9.17) is 14.4 Å². The second-order valence-corrected chi connectivity index (χ2v) is 24.7. The van der Waals surface area contributed by atoms with Crippen LogP contribution in [0, 0.1) is 11.3 Å². The number of nitriles is 1. The molecule has 0 N–H and O–H groups in total. The summed E-state index contributed by atoms with van der Waals surface area (Å²) in [5.74, 6) is 0.622. The third-order valence-electron chi connectivity index (χ3n) is 15.4. The van der Waals surface area contributed by atoms with E-state index in [1.165, 1.54) is 22.3 Å². The Bertz CT molecular complexity index is 4120. The first kappa shape index (κ1) is 47.7. The van der Waals surface area contributed by atoms with E-state index in [1.807, 2.05) is 36.4 Å². The lowest BCUT2D eigenvalue weighted by atomic mass is 9.85. The maximum Gasteiger partial charge on any atom is 0.161 e. The van der Waals surface area contributed by atoms with Crippen molar-refractivity contribution in [1.82, 2.24) is 19.1 Å². The van der Waals surface area contributed by atoms with Crippen LogP contribution in [0.3, 0.4) is 0 Å². The van der Waals surface area contributed by atoms with Gasteiger partial charge in [-0.3, -0.25) is 0 Å². The molecule has 0 radical (unpaired) electrons. The van der Waals surface area contributed by atoms with Gasteiger partial charge in [-0.2, -0.15) is 5.26 Å². The fourth-order valence-electron chi connectivity index (χ4n) is 11.1. The Morgan fingerprint density at radius 3 is 1.31 bits per heavy atom. The monoisotopic (exact) mass is 978 g/mol. The standard InChI is InChI=1S/C69H63N5O/c1-66(2,3)44-26-30-56-50(35-44)51-36-45(67(4,5)6)27-31-57(51)73(56)60-34-43(40-70)62(74-58-32-28-46(68(7,8)9)37-52(58)53-38-47(69(10,11)12)29-33-59(53)74)61-49-25-19-24-48(63(49)75-64(60)61)55-39-54(41-20-15-13-16-21-41)71-65(72-55)42-22-17-14-18-23-42/h13-39H,1-12H3. The van der Waals surface area contributed by atoms with Gasteiger partial charge < -0.3 is 13.6 Å². The highest BCUT2D eigenvalue weighted by molar-refractivity contribution is 6.20. The molecule has 6 heteroatoms. The molecule has 0 aliphatic rings. The minimum Gasteiger partial charge on any atom is -0.453 e. The molecule has 8 aromatic carbocycles. The SMILES string of the molecule is CC(C)(C)c1ccc2c(c1)c1cc(C(C)(C)C)ccc1n2-c1cc(C#N)c(-n2c3ccc(C(C)(C)C)cc3c3cc(C(C)(C)C)ccc32)c2c1oc1c(-c3cc(-c4ccccc4)nc(-c4ccccc4)n3)cccc12. The Labute approximate surface area is 439 Å². The van der Waals surface area contributed by atoms with Crippen LogP contribution < -0.4 is 0 Å². The summed E-state index contributed by atoms with van der Waals surface area (Å²) in [5, 5.41) is 18.2. The molecular formula is C69H63N5O. The number of aromatic nitrogens is 4. The molecule has 370 valence electrons. The van der Waals surface area contributed by atoms with Crippen molar-refractivity contribution in [3.8, 4) is 51.3 Å². The van der Waals surface area contributed by atoms with Crippen LogP contribution in [-0.2, 0) is 21.7 Å². The molecule has 0 bridgehead atoms. The first-order chi connectivity index (χ1) is 35.7. The van der Waals surface area contributed by atoms with Gasteiger partial charge in [-0.25, -0.2) is 9.97 Å². The fraction of sp³-hybridized carbons (Fsp3) is 0.232. The summed E-state index contributed by atoms with van der Waals surface area (Å²) in [6.07, 6.45) is 0. The molecule has 0 amide bonds. The summed E-state index contributed by atoms with van der Waals surface area (Å²) in [7, 11) is 0. The van der Waals surface area contributed by atoms with Gasteiger partial charge in [-0.15, -0.1) is 0 Å². The molecule has 0 atom stereocenters. The lowest BCUT2D eigenvalue weighted by Crippen LogP contribution is -2.10. The van der Waals surface area contributed by atoms with Crippen molar-refractivity contribution in [2.75, 3.05) is 0 Å². The van der Waals surface area contributed by atoms with Crippen molar-refractivity contribution in [2.24, 2.45) is 0 Å². The molecule has 0 aliphatic carbocycles. The van der Waals surface area contributed by atoms with Crippen LogP contribution in [-0.4, -0.2) is 19.1 Å². The van der Waals surface area contributed by atoms with Gasteiger partial charge in [-0.1, -0.05) is 180 Å². The van der Waals surface area contributed by atoms with Crippen molar-refractivity contribution in [3.05, 3.63) is 192 Å². The topological polar surface area (TPSA) is 72.6 Å². The number of hydrogen-bond acceptors (Lipinski definition) is 4. The zero-order valence-electron chi connectivity index (χ0n) is 45.2. The van der Waals surface area contributed by atoms with E-state index in [1.54, 1.807) is 0 Å². The zero-order valence-corrected chi connectivity index (χ0v) is 45.2. The molecule has 0 spiro atoms. The lowest BCUT2D eigenvalue weighted by molar-refractivity contribution is 0.590. The summed E-state index contributed by atoms with van der Waals surface area (Å²) >= 11 is 0. The third-order valence-corrected chi connectivity index (χ3v) is 15.4. The zero-order chi connectivity index (χ0) is 52.5. The van der Waals surface area contributed by atoms with Crippen molar-refractivity contribution in [2.45, 2.75) is 105 Å². The average Bonchev–Trinajstić information content (AvgIpc) is 4.06. The summed E-state index contributed by atoms with van der Waals surface area (Å²) < 4.78 is 12.3. The predicted octanol–water partition coefficient (Wildman–Crippen LogP) is 18.6. The molecule has 12 aromatic rings. The smallest absolute Gasteiger partial charge is 0.161 e. The molecule has 12 rings (SSSR count). The van der Waals surface area contributed by atoms with Crippen LogP contribution in [0.25, 0.3) is 111 Å². The quantitative estimate of drug-likeness (QED) is 0.172. The number of rotatable bonds is 5. The molecule has 0 saturated carbocycles. The number of fused-ring (bicyclic) bond motifs is 9.